The van der Waals surface area contributed by atoms with E-state index < -0.39 is 0 Å². The zero-order valence-corrected chi connectivity index (χ0v) is 11.4. The van der Waals surface area contributed by atoms with Gasteiger partial charge in [-0.25, -0.2) is 9.97 Å². The summed E-state index contributed by atoms with van der Waals surface area (Å²) in [7, 11) is 0. The van der Waals surface area contributed by atoms with Crippen LogP contribution >= 0.6 is 15.9 Å². The van der Waals surface area contributed by atoms with Gasteiger partial charge in [0.05, 0.1) is 4.47 Å². The maximum atomic E-state index is 4.34. The number of nitrogens with zero attached hydrogens (tertiary/aromatic N) is 3. The van der Waals surface area contributed by atoms with E-state index in [0.29, 0.717) is 0 Å². The van der Waals surface area contributed by atoms with Gasteiger partial charge in [0.25, 0.3) is 0 Å². The van der Waals surface area contributed by atoms with E-state index in [2.05, 4.69) is 44.6 Å². The van der Waals surface area contributed by atoms with Gasteiger partial charge in [-0.3, -0.25) is 0 Å². The van der Waals surface area contributed by atoms with E-state index in [0.717, 1.165) is 35.3 Å². The van der Waals surface area contributed by atoms with Gasteiger partial charge < -0.3 is 4.90 Å². The summed E-state index contributed by atoms with van der Waals surface area (Å²) in [5, 5.41) is 0. The van der Waals surface area contributed by atoms with Gasteiger partial charge in [-0.2, -0.15) is 0 Å². The molecule has 3 nitrogen and oxygen atoms in total. The predicted molar refractivity (Wildman–Crippen MR) is 69.5 cm³/mol. The molecule has 1 aromatic rings. The van der Waals surface area contributed by atoms with Crippen LogP contribution in [0.3, 0.4) is 0 Å². The van der Waals surface area contributed by atoms with Crippen LogP contribution in [-0.2, 0) is 0 Å². The normalized spacial score (nSPS) is 18.1. The smallest absolute Gasteiger partial charge is 0.225 e. The van der Waals surface area contributed by atoms with Crippen LogP contribution in [0.5, 0.6) is 0 Å². The molecule has 88 valence electrons. The third-order valence-electron chi connectivity index (χ3n) is 3.37. The Morgan fingerprint density at radius 2 is 1.81 bits per heavy atom. The zero-order valence-electron chi connectivity index (χ0n) is 9.86. The zero-order chi connectivity index (χ0) is 11.5. The lowest BCUT2D eigenvalue weighted by atomic mass is 9.87. The molecule has 2 rings (SSSR count). The molecule has 0 aromatic carbocycles. The summed E-state index contributed by atoms with van der Waals surface area (Å²) in [4.78, 5) is 11.0. The highest BCUT2D eigenvalue weighted by Crippen LogP contribution is 2.26. The van der Waals surface area contributed by atoms with Gasteiger partial charge in [0, 0.05) is 25.5 Å². The van der Waals surface area contributed by atoms with Crippen molar-refractivity contribution in [1.29, 1.82) is 0 Å². The van der Waals surface area contributed by atoms with Crippen molar-refractivity contribution in [1.82, 2.24) is 9.97 Å². The first-order valence-electron chi connectivity index (χ1n) is 5.89. The predicted octanol–water partition coefficient (Wildman–Crippen LogP) is 3.11. The third-order valence-corrected chi connectivity index (χ3v) is 3.78. The van der Waals surface area contributed by atoms with E-state index in [9.17, 15) is 0 Å². The first kappa shape index (κ1) is 11.8. The van der Waals surface area contributed by atoms with Crippen molar-refractivity contribution in [2.45, 2.75) is 26.7 Å². The van der Waals surface area contributed by atoms with E-state index in [1.165, 1.54) is 12.8 Å². The molecule has 0 N–H and O–H groups in total. The maximum Gasteiger partial charge on any atom is 0.225 e. The Hall–Kier alpha value is -0.640. The van der Waals surface area contributed by atoms with Crippen LogP contribution in [0, 0.1) is 11.8 Å². The molecule has 0 radical (unpaired) electrons. The SMILES string of the molecule is CC(C)C1CCN(c2ncc(Br)cn2)CC1. The molecule has 0 spiro atoms. The van der Waals surface area contributed by atoms with Crippen LogP contribution < -0.4 is 4.90 Å². The third kappa shape index (κ3) is 2.73. The molecule has 0 unspecified atom stereocenters. The van der Waals surface area contributed by atoms with Crippen LogP contribution in [0.1, 0.15) is 26.7 Å². The first-order valence-corrected chi connectivity index (χ1v) is 6.68. The average Bonchev–Trinajstić information content (AvgIpc) is 2.30. The van der Waals surface area contributed by atoms with Crippen molar-refractivity contribution in [2.75, 3.05) is 18.0 Å². The Kier molecular flexibility index (Phi) is 3.79. The Labute approximate surface area is 105 Å². The quantitative estimate of drug-likeness (QED) is 0.835. The highest BCUT2D eigenvalue weighted by molar-refractivity contribution is 9.10. The lowest BCUT2D eigenvalue weighted by molar-refractivity contribution is 0.310. The lowest BCUT2D eigenvalue weighted by Crippen LogP contribution is -2.36. The van der Waals surface area contributed by atoms with Crippen molar-refractivity contribution in [3.05, 3.63) is 16.9 Å². The molecule has 16 heavy (non-hydrogen) atoms. The van der Waals surface area contributed by atoms with Crippen molar-refractivity contribution in [3.63, 3.8) is 0 Å². The fraction of sp³-hybridized carbons (Fsp3) is 0.667. The molecule has 1 aromatic heterocycles. The summed E-state index contributed by atoms with van der Waals surface area (Å²) in [6.45, 7) is 6.81. The molecule has 0 aliphatic carbocycles. The summed E-state index contributed by atoms with van der Waals surface area (Å²) in [5.41, 5.74) is 0. The fourth-order valence-corrected chi connectivity index (χ4v) is 2.44. The molecule has 0 saturated carbocycles. The van der Waals surface area contributed by atoms with Gasteiger partial charge in [-0.05, 0) is 40.6 Å². The average molecular weight is 284 g/mol. The second-order valence-electron chi connectivity index (χ2n) is 4.77. The fourth-order valence-electron chi connectivity index (χ4n) is 2.23. The minimum Gasteiger partial charge on any atom is -0.341 e. The molecule has 4 heteroatoms. The standard InChI is InChI=1S/C12H18BrN3/c1-9(2)10-3-5-16(6-4-10)12-14-7-11(13)8-15-12/h7-10H,3-6H2,1-2H3. The second kappa shape index (κ2) is 5.13. The highest BCUT2D eigenvalue weighted by atomic mass is 79.9. The number of aromatic nitrogens is 2. The summed E-state index contributed by atoms with van der Waals surface area (Å²) in [6.07, 6.45) is 6.15. The number of anilines is 1. The molecular formula is C12H18BrN3. The molecule has 1 fully saturated rings. The van der Waals surface area contributed by atoms with Gasteiger partial charge in [0.1, 0.15) is 0 Å². The summed E-state index contributed by atoms with van der Waals surface area (Å²) in [6, 6.07) is 0. The Balaban J connectivity index is 1.96. The summed E-state index contributed by atoms with van der Waals surface area (Å²) in [5.74, 6) is 2.53. The van der Waals surface area contributed by atoms with Crippen LogP contribution in [0.25, 0.3) is 0 Å². The second-order valence-corrected chi connectivity index (χ2v) is 5.69. The van der Waals surface area contributed by atoms with Crippen molar-refractivity contribution < 1.29 is 0 Å². The number of hydrogen-bond acceptors (Lipinski definition) is 3. The number of rotatable bonds is 2. The Bertz CT molecular complexity index is 329. The van der Waals surface area contributed by atoms with E-state index in [4.69, 9.17) is 0 Å². The van der Waals surface area contributed by atoms with Crippen molar-refractivity contribution in [2.24, 2.45) is 11.8 Å². The largest absolute Gasteiger partial charge is 0.341 e. The number of hydrogen-bond donors (Lipinski definition) is 0. The monoisotopic (exact) mass is 283 g/mol. The molecule has 2 heterocycles. The Morgan fingerprint density at radius 1 is 1.25 bits per heavy atom. The Morgan fingerprint density at radius 3 is 2.31 bits per heavy atom. The van der Waals surface area contributed by atoms with Crippen LogP contribution in [0.4, 0.5) is 5.95 Å². The van der Waals surface area contributed by atoms with Gasteiger partial charge in [0.2, 0.25) is 5.95 Å². The van der Waals surface area contributed by atoms with Gasteiger partial charge >= 0.3 is 0 Å². The number of halogens is 1. The molecule has 0 amide bonds. The molecule has 0 bridgehead atoms. The minimum absolute atomic E-state index is 0.799. The van der Waals surface area contributed by atoms with E-state index >= 15 is 0 Å². The summed E-state index contributed by atoms with van der Waals surface area (Å²) >= 11 is 3.35. The van der Waals surface area contributed by atoms with E-state index in [1.807, 2.05) is 12.4 Å². The van der Waals surface area contributed by atoms with Gasteiger partial charge in [-0.15, -0.1) is 0 Å². The first-order chi connectivity index (χ1) is 7.66. The van der Waals surface area contributed by atoms with Crippen molar-refractivity contribution in [3.8, 4) is 0 Å². The number of piperidine rings is 1. The van der Waals surface area contributed by atoms with Gasteiger partial charge in [0.15, 0.2) is 0 Å². The molecular weight excluding hydrogens is 266 g/mol. The minimum atomic E-state index is 0.799. The van der Waals surface area contributed by atoms with Crippen LogP contribution in [-0.4, -0.2) is 23.1 Å². The summed E-state index contributed by atoms with van der Waals surface area (Å²) < 4.78 is 0.938. The van der Waals surface area contributed by atoms with Crippen LogP contribution in [0.15, 0.2) is 16.9 Å². The molecule has 1 saturated heterocycles. The lowest BCUT2D eigenvalue weighted by Gasteiger charge is -2.33. The molecule has 1 aliphatic heterocycles. The van der Waals surface area contributed by atoms with E-state index in [-0.39, 0.29) is 0 Å². The van der Waals surface area contributed by atoms with E-state index in [1.54, 1.807) is 0 Å². The van der Waals surface area contributed by atoms with Crippen molar-refractivity contribution >= 4 is 21.9 Å². The van der Waals surface area contributed by atoms with Crippen LogP contribution in [0.2, 0.25) is 0 Å². The topological polar surface area (TPSA) is 29.0 Å². The highest BCUT2D eigenvalue weighted by Gasteiger charge is 2.22. The molecule has 0 atom stereocenters. The van der Waals surface area contributed by atoms with Gasteiger partial charge in [-0.1, -0.05) is 13.8 Å². The molecule has 1 aliphatic rings. The maximum absolute atomic E-state index is 4.34.